The number of nitriles is 1. The summed E-state index contributed by atoms with van der Waals surface area (Å²) in [7, 11) is 1.96. The molecule has 56 valence electrons. The maximum atomic E-state index is 8.22. The van der Waals surface area contributed by atoms with Crippen LogP contribution in [-0.4, -0.2) is 31.3 Å². The highest BCUT2D eigenvalue weighted by Gasteiger charge is 1.93. The Morgan fingerprint density at radius 1 is 1.60 bits per heavy atom. The van der Waals surface area contributed by atoms with Crippen LogP contribution < -0.4 is 0 Å². The molecule has 0 saturated carbocycles. The quantitative estimate of drug-likeness (QED) is 0.574. The van der Waals surface area contributed by atoms with Crippen molar-refractivity contribution in [3.05, 3.63) is 0 Å². The van der Waals surface area contributed by atoms with Crippen LogP contribution >= 0.6 is 0 Å². The third-order valence-corrected chi connectivity index (χ3v) is 1.26. The summed E-state index contributed by atoms with van der Waals surface area (Å²) >= 11 is 0. The van der Waals surface area contributed by atoms with Crippen molar-refractivity contribution in [1.29, 1.82) is 10.7 Å². The van der Waals surface area contributed by atoms with Gasteiger partial charge in [0, 0.05) is 19.5 Å². The van der Waals surface area contributed by atoms with E-state index in [1.807, 2.05) is 11.9 Å². The minimum Gasteiger partial charge on any atom is -0.313 e. The lowest BCUT2D eigenvalue weighted by Crippen LogP contribution is -2.20. The average Bonchev–Trinajstić information content (AvgIpc) is 1.97. The van der Waals surface area contributed by atoms with Crippen LogP contribution in [0.25, 0.3) is 0 Å². The Hall–Kier alpha value is -0.880. The van der Waals surface area contributed by atoms with E-state index in [1.165, 1.54) is 6.21 Å². The Labute approximate surface area is 61.8 Å². The topological polar surface area (TPSA) is 50.9 Å². The lowest BCUT2D eigenvalue weighted by atomic mass is 10.4. The Balaban J connectivity index is 3.17. The molecule has 0 spiro atoms. The van der Waals surface area contributed by atoms with Gasteiger partial charge in [-0.1, -0.05) is 0 Å². The fourth-order valence-corrected chi connectivity index (χ4v) is 0.638. The van der Waals surface area contributed by atoms with Gasteiger partial charge < -0.3 is 10.3 Å². The van der Waals surface area contributed by atoms with Crippen LogP contribution in [0.3, 0.4) is 0 Å². The van der Waals surface area contributed by atoms with E-state index in [0.717, 1.165) is 19.5 Å². The van der Waals surface area contributed by atoms with Crippen molar-refractivity contribution in [3.8, 4) is 6.07 Å². The van der Waals surface area contributed by atoms with E-state index < -0.39 is 0 Å². The van der Waals surface area contributed by atoms with Gasteiger partial charge in [0.05, 0.1) is 6.07 Å². The third kappa shape index (κ3) is 5.26. The van der Waals surface area contributed by atoms with Crippen molar-refractivity contribution in [3.63, 3.8) is 0 Å². The number of nitrogens with one attached hydrogen (secondary N) is 1. The molecule has 0 aliphatic rings. The molecule has 0 rings (SSSR count). The highest BCUT2D eigenvalue weighted by molar-refractivity contribution is 5.52. The van der Waals surface area contributed by atoms with Crippen LogP contribution in [0, 0.1) is 16.7 Å². The van der Waals surface area contributed by atoms with Crippen molar-refractivity contribution in [2.45, 2.75) is 12.8 Å². The average molecular weight is 139 g/mol. The van der Waals surface area contributed by atoms with E-state index in [1.54, 1.807) is 0 Å². The van der Waals surface area contributed by atoms with E-state index in [4.69, 9.17) is 10.7 Å². The first-order valence-electron chi connectivity index (χ1n) is 3.35. The van der Waals surface area contributed by atoms with Crippen LogP contribution in [0.4, 0.5) is 0 Å². The molecule has 0 atom stereocenters. The molecule has 0 aromatic carbocycles. The Bertz CT molecular complexity index is 125. The largest absolute Gasteiger partial charge is 0.313 e. The van der Waals surface area contributed by atoms with Crippen LogP contribution in [-0.2, 0) is 0 Å². The van der Waals surface area contributed by atoms with Gasteiger partial charge in [-0.3, -0.25) is 0 Å². The molecule has 0 aliphatic carbocycles. The fraction of sp³-hybridized carbons (Fsp3) is 0.714. The number of hydrogen-bond donors (Lipinski definition) is 1. The highest BCUT2D eigenvalue weighted by atomic mass is 15.1. The lowest BCUT2D eigenvalue weighted by molar-refractivity contribution is 0.353. The van der Waals surface area contributed by atoms with Crippen LogP contribution in [0.1, 0.15) is 12.8 Å². The van der Waals surface area contributed by atoms with Crippen LogP contribution in [0.15, 0.2) is 0 Å². The molecule has 3 nitrogen and oxygen atoms in total. The standard InChI is InChI=1S/C7H13N3/c1-10(6-2-4-8)7-3-5-9/h4,8H,2-3,6-7H2,1H3. The van der Waals surface area contributed by atoms with E-state index >= 15 is 0 Å². The summed E-state index contributed by atoms with van der Waals surface area (Å²) < 4.78 is 0. The first-order chi connectivity index (χ1) is 4.81. The smallest absolute Gasteiger partial charge is 0.0635 e. The van der Waals surface area contributed by atoms with E-state index in [0.29, 0.717) is 6.42 Å². The number of rotatable bonds is 5. The minimum atomic E-state index is 0.578. The summed E-state index contributed by atoms with van der Waals surface area (Å²) in [6.45, 7) is 1.69. The maximum absolute atomic E-state index is 8.22. The summed E-state index contributed by atoms with van der Waals surface area (Å²) in [6.07, 6.45) is 2.75. The second-order valence-electron chi connectivity index (χ2n) is 2.20. The Kier molecular flexibility index (Phi) is 5.69. The zero-order chi connectivity index (χ0) is 7.82. The van der Waals surface area contributed by atoms with Gasteiger partial charge in [-0.05, 0) is 19.7 Å². The second-order valence-corrected chi connectivity index (χ2v) is 2.20. The normalized spacial score (nSPS) is 9.30. The monoisotopic (exact) mass is 139 g/mol. The maximum Gasteiger partial charge on any atom is 0.0635 e. The Morgan fingerprint density at radius 3 is 2.80 bits per heavy atom. The van der Waals surface area contributed by atoms with Gasteiger partial charge in [0.2, 0.25) is 0 Å². The summed E-state index contributed by atoms with van der Waals surface area (Å²) in [4.78, 5) is 2.05. The van der Waals surface area contributed by atoms with Gasteiger partial charge in [0.15, 0.2) is 0 Å². The molecular weight excluding hydrogens is 126 g/mol. The van der Waals surface area contributed by atoms with Gasteiger partial charge in [0.1, 0.15) is 0 Å². The molecule has 0 aromatic heterocycles. The summed E-state index contributed by atoms with van der Waals surface area (Å²) in [5.74, 6) is 0. The predicted molar refractivity (Wildman–Crippen MR) is 41.1 cm³/mol. The van der Waals surface area contributed by atoms with Gasteiger partial charge in [-0.15, -0.1) is 0 Å². The number of nitrogens with zero attached hydrogens (tertiary/aromatic N) is 2. The predicted octanol–water partition coefficient (Wildman–Crippen LogP) is 0.872. The van der Waals surface area contributed by atoms with Gasteiger partial charge in [-0.2, -0.15) is 5.26 Å². The first-order valence-corrected chi connectivity index (χ1v) is 3.35. The number of hydrogen-bond acceptors (Lipinski definition) is 3. The summed E-state index contributed by atoms with van der Waals surface area (Å²) in [5.41, 5.74) is 0. The van der Waals surface area contributed by atoms with E-state index in [9.17, 15) is 0 Å². The van der Waals surface area contributed by atoms with Gasteiger partial charge in [-0.25, -0.2) is 0 Å². The second kappa shape index (κ2) is 6.24. The van der Waals surface area contributed by atoms with Crippen molar-refractivity contribution < 1.29 is 0 Å². The van der Waals surface area contributed by atoms with Gasteiger partial charge >= 0.3 is 0 Å². The molecule has 0 amide bonds. The van der Waals surface area contributed by atoms with Crippen LogP contribution in [0.5, 0.6) is 0 Å². The molecule has 0 fully saturated rings. The molecule has 10 heavy (non-hydrogen) atoms. The van der Waals surface area contributed by atoms with Crippen molar-refractivity contribution >= 4 is 6.21 Å². The van der Waals surface area contributed by atoms with Crippen molar-refractivity contribution in [2.24, 2.45) is 0 Å². The van der Waals surface area contributed by atoms with Crippen molar-refractivity contribution in [1.82, 2.24) is 4.90 Å². The van der Waals surface area contributed by atoms with E-state index in [2.05, 4.69) is 6.07 Å². The highest BCUT2D eigenvalue weighted by Crippen LogP contribution is 1.86. The van der Waals surface area contributed by atoms with Crippen LogP contribution in [0.2, 0.25) is 0 Å². The minimum absolute atomic E-state index is 0.578. The third-order valence-electron chi connectivity index (χ3n) is 1.26. The molecular formula is C7H13N3. The summed E-state index contributed by atoms with van der Waals surface area (Å²) in [5, 5.41) is 15.0. The van der Waals surface area contributed by atoms with Gasteiger partial charge in [0.25, 0.3) is 0 Å². The molecule has 0 aliphatic heterocycles. The molecule has 0 saturated heterocycles. The molecule has 0 unspecified atom stereocenters. The molecule has 1 N–H and O–H groups in total. The fourth-order valence-electron chi connectivity index (χ4n) is 0.638. The molecule has 0 aromatic rings. The first kappa shape index (κ1) is 9.12. The zero-order valence-corrected chi connectivity index (χ0v) is 6.30. The van der Waals surface area contributed by atoms with E-state index in [-0.39, 0.29) is 0 Å². The van der Waals surface area contributed by atoms with Crippen molar-refractivity contribution in [2.75, 3.05) is 20.1 Å². The summed E-state index contributed by atoms with van der Waals surface area (Å²) in [6, 6.07) is 2.08. The zero-order valence-electron chi connectivity index (χ0n) is 6.30. The molecule has 0 radical (unpaired) electrons. The molecule has 0 bridgehead atoms. The lowest BCUT2D eigenvalue weighted by Gasteiger charge is -2.11. The Morgan fingerprint density at radius 2 is 2.30 bits per heavy atom. The molecule has 0 heterocycles. The molecule has 3 heteroatoms. The SMILES string of the molecule is CN(CCC#N)CCC=N.